The second-order valence-electron chi connectivity index (χ2n) is 11.9. The van der Waals surface area contributed by atoms with Gasteiger partial charge in [-0.25, -0.2) is 4.79 Å². The first kappa shape index (κ1) is 46.2. The molecular weight excluding hydrogens is 554 g/mol. The maximum absolute atomic E-state index is 11.3. The van der Waals surface area contributed by atoms with E-state index in [0.29, 0.717) is 0 Å². The van der Waals surface area contributed by atoms with Crippen molar-refractivity contribution in [3.05, 3.63) is 0 Å². The summed E-state index contributed by atoms with van der Waals surface area (Å²) in [4.78, 5) is 20.6. The number of esters is 1. The van der Waals surface area contributed by atoms with Crippen LogP contribution in [0.1, 0.15) is 208 Å². The van der Waals surface area contributed by atoms with Gasteiger partial charge >= 0.3 is 11.9 Å². The topological polar surface area (TPSA) is 87.4 Å². The number of aliphatic carboxylic acids is 1. The summed E-state index contributed by atoms with van der Waals surface area (Å²) in [7, 11) is 0. The molecule has 0 radical (unpaired) electrons. The van der Waals surface area contributed by atoms with Crippen molar-refractivity contribution in [2.24, 2.45) is 0 Å². The number of carboxylic acids is 1. The van der Waals surface area contributed by atoms with Gasteiger partial charge in [-0.3, -0.25) is 4.79 Å². The number of rotatable bonds is 29. The molecule has 0 bridgehead atoms. The molecule has 0 aliphatic carbocycles. The maximum Gasteiger partial charge on any atom is 0.334 e. The lowest BCUT2D eigenvalue weighted by molar-refractivity contribution is -0.137. The van der Waals surface area contributed by atoms with Crippen molar-refractivity contribution in [2.75, 3.05) is 5.75 Å². The van der Waals surface area contributed by atoms with Gasteiger partial charge in [0, 0.05) is 6.42 Å². The van der Waals surface area contributed by atoms with Gasteiger partial charge < -0.3 is 9.84 Å². The van der Waals surface area contributed by atoms with E-state index >= 15 is 0 Å². The number of hydrogen-bond acceptors (Lipinski definition) is 5. The lowest BCUT2D eigenvalue weighted by Gasteiger charge is -2.07. The van der Waals surface area contributed by atoms with Crippen molar-refractivity contribution in [1.82, 2.24) is 0 Å². The molecule has 5 nitrogen and oxygen atoms in total. The number of ether oxygens (including phenoxy) is 1. The van der Waals surface area contributed by atoms with Crippen LogP contribution in [-0.2, 0) is 14.3 Å². The molecule has 0 amide bonds. The molecule has 0 saturated carbocycles. The number of hydrogen-bond donors (Lipinski definition) is 1. The zero-order valence-electron chi connectivity index (χ0n) is 29.4. The van der Waals surface area contributed by atoms with Crippen LogP contribution < -0.4 is 0 Å². The molecule has 6 heteroatoms. The number of nitrogens with zero attached hydrogens (tertiary/aromatic N) is 1. The zero-order chi connectivity index (χ0) is 32.7. The summed E-state index contributed by atoms with van der Waals surface area (Å²) >= 11 is 1.59. The zero-order valence-corrected chi connectivity index (χ0v) is 30.2. The Morgan fingerprint density at radius 1 is 0.581 bits per heavy atom. The SMILES string of the molecule is CCC(=O)O.CCCCCCCCCCCC.CCCCCCCCCCCCCCCCCCSC(C)C(=O)OC#N. The van der Waals surface area contributed by atoms with Crippen LogP contribution in [-0.4, -0.2) is 28.0 Å². The van der Waals surface area contributed by atoms with E-state index in [1.165, 1.54) is 167 Å². The van der Waals surface area contributed by atoms with Crippen molar-refractivity contribution in [1.29, 1.82) is 5.26 Å². The molecule has 0 saturated heterocycles. The van der Waals surface area contributed by atoms with E-state index in [2.05, 4.69) is 25.5 Å². The Morgan fingerprint density at radius 2 is 0.837 bits per heavy atom. The number of nitriles is 1. The monoisotopic (exact) mass is 628 g/mol. The first-order valence-corrected chi connectivity index (χ1v) is 19.4. The van der Waals surface area contributed by atoms with Gasteiger partial charge in [-0.15, -0.1) is 17.0 Å². The maximum atomic E-state index is 11.3. The van der Waals surface area contributed by atoms with E-state index in [-0.39, 0.29) is 11.7 Å². The van der Waals surface area contributed by atoms with Gasteiger partial charge in [-0.05, 0) is 19.1 Å². The lowest BCUT2D eigenvalue weighted by Crippen LogP contribution is -2.14. The average molecular weight is 628 g/mol. The number of carbonyl (C=O) groups is 2. The van der Waals surface area contributed by atoms with Crippen LogP contribution in [0.25, 0.3) is 0 Å². The molecule has 43 heavy (non-hydrogen) atoms. The van der Waals surface area contributed by atoms with E-state index in [4.69, 9.17) is 10.4 Å². The second kappa shape index (κ2) is 42.9. The van der Waals surface area contributed by atoms with E-state index < -0.39 is 11.9 Å². The summed E-state index contributed by atoms with van der Waals surface area (Å²) in [6, 6.07) is 0. The summed E-state index contributed by atoms with van der Waals surface area (Å²) in [6.45, 7) is 10.2. The van der Waals surface area contributed by atoms with Gasteiger partial charge in [0.05, 0.1) is 0 Å². The van der Waals surface area contributed by atoms with Crippen LogP contribution in [0.15, 0.2) is 0 Å². The Bertz CT molecular complexity index is 584. The van der Waals surface area contributed by atoms with Gasteiger partial charge in [0.15, 0.2) is 0 Å². The number of unbranched alkanes of at least 4 members (excludes halogenated alkanes) is 24. The largest absolute Gasteiger partial charge is 0.481 e. The van der Waals surface area contributed by atoms with Crippen LogP contribution in [0, 0.1) is 11.5 Å². The molecule has 1 atom stereocenters. The van der Waals surface area contributed by atoms with Crippen molar-refractivity contribution >= 4 is 23.7 Å². The minimum absolute atomic E-state index is 0.222. The molecule has 0 rings (SSSR count). The van der Waals surface area contributed by atoms with Gasteiger partial charge in [0.2, 0.25) is 0 Å². The van der Waals surface area contributed by atoms with E-state index in [9.17, 15) is 9.59 Å². The summed E-state index contributed by atoms with van der Waals surface area (Å²) in [5.41, 5.74) is 0. The molecule has 0 aromatic carbocycles. The predicted octanol–water partition coefficient (Wildman–Crippen LogP) is 12.8. The second-order valence-corrected chi connectivity index (χ2v) is 13.4. The number of carboxylic acid groups (broad SMARTS) is 1. The fourth-order valence-corrected chi connectivity index (χ4v) is 5.58. The van der Waals surface area contributed by atoms with Crippen LogP contribution >= 0.6 is 11.8 Å². The summed E-state index contributed by atoms with van der Waals surface area (Å²) in [5.74, 6) is -0.195. The average Bonchev–Trinajstić information content (AvgIpc) is 3.00. The van der Waals surface area contributed by atoms with Crippen LogP contribution in [0.3, 0.4) is 0 Å². The third-order valence-electron chi connectivity index (χ3n) is 7.60. The Kier molecular flexibility index (Phi) is 46.1. The van der Waals surface area contributed by atoms with E-state index in [1.807, 2.05) is 0 Å². The van der Waals surface area contributed by atoms with Crippen LogP contribution in [0.4, 0.5) is 0 Å². The van der Waals surface area contributed by atoms with Gasteiger partial charge in [0.1, 0.15) is 5.25 Å². The van der Waals surface area contributed by atoms with Gasteiger partial charge in [-0.1, -0.05) is 188 Å². The highest BCUT2D eigenvalue weighted by atomic mass is 32.2. The standard InChI is InChI=1S/C22H41NO2S.C12H26.C3H6O2/c1-3-4-5-6-7-8-9-10-11-12-13-14-15-16-17-18-19-26-21(2)22(24)25-20-23;1-3-5-7-9-11-12-10-8-6-4-2;1-2-3(4)5/h21H,3-19H2,1-2H3;3-12H2,1-2H3;2H2,1H3,(H,4,5). The molecular formula is C37H73NO4S. The molecule has 0 aromatic heterocycles. The highest BCUT2D eigenvalue weighted by Gasteiger charge is 2.14. The van der Waals surface area contributed by atoms with E-state index in [1.54, 1.807) is 25.6 Å². The van der Waals surface area contributed by atoms with E-state index in [0.717, 1.165) is 12.2 Å². The highest BCUT2D eigenvalue weighted by molar-refractivity contribution is 8.00. The third-order valence-corrected chi connectivity index (χ3v) is 8.82. The normalized spacial score (nSPS) is 11.0. The number of carbonyl (C=O) groups excluding carboxylic acids is 1. The Morgan fingerprint density at radius 3 is 1.07 bits per heavy atom. The third kappa shape index (κ3) is 47.9. The van der Waals surface area contributed by atoms with Crippen LogP contribution in [0.2, 0.25) is 0 Å². The molecule has 0 fully saturated rings. The molecule has 0 spiro atoms. The lowest BCUT2D eigenvalue weighted by atomic mass is 10.0. The highest BCUT2D eigenvalue weighted by Crippen LogP contribution is 2.17. The van der Waals surface area contributed by atoms with Gasteiger partial charge in [0.25, 0.3) is 6.26 Å². The summed E-state index contributed by atoms with van der Waals surface area (Å²) < 4.78 is 4.33. The fourth-order valence-electron chi connectivity index (χ4n) is 4.67. The number of thioether (sulfide) groups is 1. The molecule has 1 unspecified atom stereocenters. The smallest absolute Gasteiger partial charge is 0.334 e. The van der Waals surface area contributed by atoms with Gasteiger partial charge in [-0.2, -0.15) is 0 Å². The molecule has 0 aliphatic rings. The molecule has 0 heterocycles. The Hall–Kier alpha value is -1.22. The van der Waals surface area contributed by atoms with Crippen molar-refractivity contribution in [3.8, 4) is 6.26 Å². The first-order valence-electron chi connectivity index (χ1n) is 18.3. The summed E-state index contributed by atoms with van der Waals surface area (Å²) in [6.07, 6.45) is 38.1. The summed E-state index contributed by atoms with van der Waals surface area (Å²) in [5, 5.41) is 15.8. The minimum Gasteiger partial charge on any atom is -0.481 e. The minimum atomic E-state index is -0.745. The van der Waals surface area contributed by atoms with Crippen LogP contribution in [0.5, 0.6) is 0 Å². The fraction of sp³-hybridized carbons (Fsp3) is 0.919. The molecule has 0 aliphatic heterocycles. The molecule has 256 valence electrons. The first-order chi connectivity index (χ1) is 20.9. The Balaban J connectivity index is -0.000000772. The predicted molar refractivity (Wildman–Crippen MR) is 189 cm³/mol. The Labute approximate surface area is 273 Å². The molecule has 0 aromatic rings. The molecule has 1 N–H and O–H groups in total. The van der Waals surface area contributed by atoms with Crippen molar-refractivity contribution in [3.63, 3.8) is 0 Å². The quantitative estimate of drug-likeness (QED) is 0.0504. The van der Waals surface area contributed by atoms with Crippen molar-refractivity contribution in [2.45, 2.75) is 213 Å². The van der Waals surface area contributed by atoms with Crippen molar-refractivity contribution < 1.29 is 19.4 Å².